The minimum Gasteiger partial charge on any atom is -0.350 e. The first kappa shape index (κ1) is 15.8. The topological polar surface area (TPSA) is 46.9 Å². The maximum absolute atomic E-state index is 12.4. The molecule has 0 unspecified atom stereocenters. The maximum atomic E-state index is 12.4. The zero-order chi connectivity index (χ0) is 15.5. The minimum atomic E-state index is -4.45. The van der Waals surface area contributed by atoms with Crippen LogP contribution >= 0.6 is 22.6 Å². The van der Waals surface area contributed by atoms with Crippen LogP contribution in [0.25, 0.3) is 0 Å². The van der Waals surface area contributed by atoms with E-state index >= 15 is 0 Å². The lowest BCUT2D eigenvalue weighted by molar-refractivity contribution is -0.141. The van der Waals surface area contributed by atoms with Crippen LogP contribution in [0.5, 0.6) is 0 Å². The molecular weight excluding hydrogens is 398 g/mol. The van der Waals surface area contributed by atoms with E-state index in [1.165, 1.54) is 6.20 Å². The van der Waals surface area contributed by atoms with Crippen molar-refractivity contribution in [3.8, 4) is 0 Å². The molecule has 0 spiro atoms. The van der Waals surface area contributed by atoms with Gasteiger partial charge in [0.1, 0.15) is 0 Å². The number of rotatable bonds is 4. The molecule has 1 aromatic heterocycles. The molecule has 0 aliphatic heterocycles. The van der Waals surface area contributed by atoms with E-state index in [1.807, 2.05) is 28.7 Å². The summed E-state index contributed by atoms with van der Waals surface area (Å²) in [6.07, 6.45) is -3.21. The van der Waals surface area contributed by atoms with Gasteiger partial charge in [-0.05, 0) is 40.8 Å². The Hall–Kier alpha value is -1.58. The van der Waals surface area contributed by atoms with E-state index in [0.29, 0.717) is 5.56 Å². The van der Waals surface area contributed by atoms with Crippen LogP contribution in [0.15, 0.2) is 36.5 Å². The first-order valence-electron chi connectivity index (χ1n) is 6.01. The fourth-order valence-electron chi connectivity index (χ4n) is 1.66. The van der Waals surface area contributed by atoms with Crippen molar-refractivity contribution in [1.82, 2.24) is 15.1 Å². The number of hydrogen-bond donors (Lipinski definition) is 1. The molecule has 4 nitrogen and oxygen atoms in total. The van der Waals surface area contributed by atoms with Crippen LogP contribution in [-0.2, 0) is 12.7 Å². The van der Waals surface area contributed by atoms with Crippen LogP contribution in [0, 0.1) is 3.57 Å². The summed E-state index contributed by atoms with van der Waals surface area (Å²) in [5.41, 5.74) is -0.402. The fourth-order valence-corrected chi connectivity index (χ4v) is 2.29. The third-order valence-electron chi connectivity index (χ3n) is 2.68. The summed E-state index contributed by atoms with van der Waals surface area (Å²) in [6.45, 7) is 0.369. The molecule has 0 aliphatic rings. The lowest BCUT2D eigenvalue weighted by Crippen LogP contribution is -2.28. The number of benzene rings is 1. The van der Waals surface area contributed by atoms with Gasteiger partial charge in [-0.15, -0.1) is 0 Å². The number of halogens is 4. The molecule has 1 heterocycles. The predicted octanol–water partition coefficient (Wildman–Crippen LogP) is 2.94. The molecule has 0 atom stereocenters. The predicted molar refractivity (Wildman–Crippen MR) is 78.7 cm³/mol. The van der Waals surface area contributed by atoms with Crippen molar-refractivity contribution in [3.05, 3.63) is 51.4 Å². The zero-order valence-corrected chi connectivity index (χ0v) is 12.9. The first-order chi connectivity index (χ1) is 9.88. The summed E-state index contributed by atoms with van der Waals surface area (Å²) in [4.78, 5) is 11.9. The van der Waals surface area contributed by atoms with E-state index in [1.54, 1.807) is 18.2 Å². The number of alkyl halides is 3. The van der Waals surface area contributed by atoms with Crippen LogP contribution in [-0.4, -0.2) is 22.2 Å². The molecule has 1 aromatic carbocycles. The number of nitrogens with one attached hydrogen (secondary N) is 1. The Labute approximate surface area is 132 Å². The Morgan fingerprint density at radius 1 is 1.29 bits per heavy atom. The quantitative estimate of drug-likeness (QED) is 0.790. The molecule has 8 heteroatoms. The number of carbonyl (C=O) groups excluding carboxylic acids is 1. The van der Waals surface area contributed by atoms with Gasteiger partial charge in [0.25, 0.3) is 5.91 Å². The second-order valence-electron chi connectivity index (χ2n) is 4.20. The highest BCUT2D eigenvalue weighted by Crippen LogP contribution is 2.27. The summed E-state index contributed by atoms with van der Waals surface area (Å²) < 4.78 is 39.1. The van der Waals surface area contributed by atoms with Gasteiger partial charge in [0.05, 0.1) is 12.1 Å². The van der Waals surface area contributed by atoms with Gasteiger partial charge in [-0.1, -0.05) is 12.1 Å². The molecule has 0 radical (unpaired) electrons. The second kappa shape index (κ2) is 6.46. The second-order valence-corrected chi connectivity index (χ2v) is 5.36. The van der Waals surface area contributed by atoms with Gasteiger partial charge < -0.3 is 5.32 Å². The highest BCUT2D eigenvalue weighted by atomic mass is 127. The number of carbonyl (C=O) groups is 1. The lowest BCUT2D eigenvalue weighted by Gasteiger charge is -2.07. The number of amides is 1. The number of nitrogens with zero attached hydrogens (tertiary/aromatic N) is 2. The molecule has 1 amide bonds. The maximum Gasteiger partial charge on any atom is 0.435 e. The van der Waals surface area contributed by atoms with E-state index in [0.717, 1.165) is 14.3 Å². The van der Waals surface area contributed by atoms with E-state index in [2.05, 4.69) is 10.4 Å². The number of aromatic nitrogens is 2. The van der Waals surface area contributed by atoms with Crippen molar-refractivity contribution in [2.75, 3.05) is 6.54 Å². The fraction of sp³-hybridized carbons (Fsp3) is 0.231. The van der Waals surface area contributed by atoms with Crippen LogP contribution in [0.2, 0.25) is 0 Å². The largest absolute Gasteiger partial charge is 0.435 e. The molecule has 0 saturated heterocycles. The molecule has 2 rings (SSSR count). The average Bonchev–Trinajstić information content (AvgIpc) is 2.88. The van der Waals surface area contributed by atoms with E-state index in [9.17, 15) is 18.0 Å². The third kappa shape index (κ3) is 4.19. The van der Waals surface area contributed by atoms with Crippen LogP contribution < -0.4 is 5.32 Å². The number of hydrogen-bond acceptors (Lipinski definition) is 2. The molecule has 0 saturated carbocycles. The van der Waals surface area contributed by atoms with Gasteiger partial charge in [-0.2, -0.15) is 18.3 Å². The summed E-state index contributed by atoms with van der Waals surface area (Å²) in [5.74, 6) is -0.261. The van der Waals surface area contributed by atoms with Gasteiger partial charge in [-0.3, -0.25) is 9.48 Å². The smallest absolute Gasteiger partial charge is 0.350 e. The summed E-state index contributed by atoms with van der Waals surface area (Å²) in [7, 11) is 0. The third-order valence-corrected chi connectivity index (χ3v) is 3.62. The molecule has 2 aromatic rings. The standard InChI is InChI=1S/C13H11F3IN3O/c14-13(15,16)11-5-7-20(19-11)8-6-18-12(21)9-3-1-2-4-10(9)17/h1-5,7H,6,8H2,(H,18,21). The van der Waals surface area contributed by atoms with Crippen LogP contribution in [0.4, 0.5) is 13.2 Å². The Kier molecular flexibility index (Phi) is 4.86. The van der Waals surface area contributed by atoms with Gasteiger partial charge in [0.15, 0.2) is 5.69 Å². The van der Waals surface area contributed by atoms with Gasteiger partial charge >= 0.3 is 6.18 Å². The molecule has 21 heavy (non-hydrogen) atoms. The lowest BCUT2D eigenvalue weighted by atomic mass is 10.2. The van der Waals surface area contributed by atoms with Crippen LogP contribution in [0.3, 0.4) is 0 Å². The molecule has 112 valence electrons. The van der Waals surface area contributed by atoms with E-state index in [-0.39, 0.29) is 19.0 Å². The summed E-state index contributed by atoms with van der Waals surface area (Å²) in [6, 6.07) is 7.97. The summed E-state index contributed by atoms with van der Waals surface area (Å²) >= 11 is 2.05. The van der Waals surface area contributed by atoms with Crippen molar-refractivity contribution >= 4 is 28.5 Å². The SMILES string of the molecule is O=C(NCCn1ccc(C(F)(F)F)n1)c1ccccc1I. The van der Waals surface area contributed by atoms with Crippen molar-refractivity contribution in [2.24, 2.45) is 0 Å². The first-order valence-corrected chi connectivity index (χ1v) is 7.09. The van der Waals surface area contributed by atoms with Crippen molar-refractivity contribution in [2.45, 2.75) is 12.7 Å². The van der Waals surface area contributed by atoms with E-state index < -0.39 is 11.9 Å². The molecular formula is C13H11F3IN3O. The van der Waals surface area contributed by atoms with E-state index in [4.69, 9.17) is 0 Å². The van der Waals surface area contributed by atoms with Crippen LogP contribution in [0.1, 0.15) is 16.1 Å². The molecule has 1 N–H and O–H groups in total. The Balaban J connectivity index is 1.89. The monoisotopic (exact) mass is 409 g/mol. The van der Waals surface area contributed by atoms with Crippen molar-refractivity contribution < 1.29 is 18.0 Å². The normalized spacial score (nSPS) is 11.4. The Bertz CT molecular complexity index is 640. The van der Waals surface area contributed by atoms with Gasteiger partial charge in [0, 0.05) is 16.3 Å². The van der Waals surface area contributed by atoms with Gasteiger partial charge in [0.2, 0.25) is 0 Å². The molecule has 0 aliphatic carbocycles. The average molecular weight is 409 g/mol. The highest BCUT2D eigenvalue weighted by Gasteiger charge is 2.33. The highest BCUT2D eigenvalue weighted by molar-refractivity contribution is 14.1. The minimum absolute atomic E-state index is 0.172. The molecule has 0 bridgehead atoms. The molecule has 0 fully saturated rings. The van der Waals surface area contributed by atoms with Crippen molar-refractivity contribution in [3.63, 3.8) is 0 Å². The zero-order valence-electron chi connectivity index (χ0n) is 10.7. The van der Waals surface area contributed by atoms with Gasteiger partial charge in [-0.25, -0.2) is 0 Å². The van der Waals surface area contributed by atoms with Crippen molar-refractivity contribution in [1.29, 1.82) is 0 Å². The Morgan fingerprint density at radius 3 is 2.62 bits per heavy atom. The summed E-state index contributed by atoms with van der Waals surface area (Å²) in [5, 5.41) is 6.06. The Morgan fingerprint density at radius 2 is 2.00 bits per heavy atom.